The topological polar surface area (TPSA) is 81.7 Å². The highest BCUT2D eigenvalue weighted by Crippen LogP contribution is 2.42. The lowest BCUT2D eigenvalue weighted by Crippen LogP contribution is -2.16. The molecule has 2 aliphatic heterocycles. The molecule has 0 saturated heterocycles. The van der Waals surface area contributed by atoms with Crippen molar-refractivity contribution >= 4 is 41.1 Å². The fourth-order valence-electron chi connectivity index (χ4n) is 3.25. The van der Waals surface area contributed by atoms with E-state index in [1.807, 2.05) is 24.3 Å². The molecule has 3 heterocycles. The van der Waals surface area contributed by atoms with Crippen LogP contribution in [0, 0.1) is 0 Å². The molecule has 2 aromatic carbocycles. The summed E-state index contributed by atoms with van der Waals surface area (Å²) in [6.45, 7) is 0.208. The van der Waals surface area contributed by atoms with Crippen LogP contribution in [0.15, 0.2) is 53.4 Å². The van der Waals surface area contributed by atoms with Gasteiger partial charge in [-0.15, -0.1) is 11.3 Å². The van der Waals surface area contributed by atoms with E-state index >= 15 is 0 Å². The van der Waals surface area contributed by atoms with Gasteiger partial charge in [-0.1, -0.05) is 18.2 Å². The zero-order chi connectivity index (χ0) is 19.3. The third kappa shape index (κ3) is 2.98. The number of sulfone groups is 1. The van der Waals surface area contributed by atoms with Gasteiger partial charge in [0.15, 0.2) is 21.3 Å². The quantitative estimate of drug-likeness (QED) is 0.645. The fraction of sp³-hybridized carbons (Fsp3) is 0.105. The van der Waals surface area contributed by atoms with Crippen LogP contribution < -0.4 is 19.9 Å². The van der Waals surface area contributed by atoms with E-state index in [2.05, 4.69) is 5.09 Å². The molecule has 6 nitrogen and oxygen atoms in total. The van der Waals surface area contributed by atoms with E-state index in [0.717, 1.165) is 10.2 Å². The first-order valence-electron chi connectivity index (χ1n) is 8.42. The summed E-state index contributed by atoms with van der Waals surface area (Å²) in [5, 5.41) is 3.84. The Morgan fingerprint density at radius 2 is 1.89 bits per heavy atom. The molecule has 0 fully saturated rings. The largest absolute Gasteiger partial charge is 0.454 e. The second kappa shape index (κ2) is 6.58. The molecule has 28 heavy (non-hydrogen) atoms. The number of benzene rings is 2. The first-order chi connectivity index (χ1) is 13.5. The highest BCUT2D eigenvalue weighted by Gasteiger charge is 2.30. The Bertz CT molecular complexity index is 1220. The van der Waals surface area contributed by atoms with Crippen molar-refractivity contribution in [1.29, 1.82) is 0 Å². The van der Waals surface area contributed by atoms with E-state index in [-0.39, 0.29) is 27.2 Å². The molecular weight excluding hydrogens is 417 g/mol. The van der Waals surface area contributed by atoms with Gasteiger partial charge in [0.1, 0.15) is 0 Å². The van der Waals surface area contributed by atoms with Crippen LogP contribution >= 0.6 is 20.1 Å². The summed E-state index contributed by atoms with van der Waals surface area (Å²) in [6.07, 6.45) is 0. The van der Waals surface area contributed by atoms with Crippen molar-refractivity contribution in [3.63, 3.8) is 0 Å². The second-order valence-electron chi connectivity index (χ2n) is 6.37. The van der Waals surface area contributed by atoms with Crippen LogP contribution in [0.2, 0.25) is 0 Å². The molecule has 0 bridgehead atoms. The highest BCUT2D eigenvalue weighted by atomic mass is 32.2. The Kier molecular flexibility index (Phi) is 4.16. The smallest absolute Gasteiger partial charge is 0.264 e. The Hall–Kier alpha value is -2.41. The molecule has 2 aliphatic rings. The van der Waals surface area contributed by atoms with Crippen molar-refractivity contribution in [2.24, 2.45) is 0 Å². The SMILES string of the molecule is O=C(NPc1ccc2c(c1)OCO2)c1cc2c(s1)-c1ccccc1S(=O)(=O)C2. The van der Waals surface area contributed by atoms with Gasteiger partial charge in [-0.25, -0.2) is 8.42 Å². The van der Waals surface area contributed by atoms with Gasteiger partial charge in [-0.05, 0) is 41.2 Å². The van der Waals surface area contributed by atoms with Crippen LogP contribution in [0.1, 0.15) is 15.2 Å². The lowest BCUT2D eigenvalue weighted by molar-refractivity contribution is 0.0987. The molecule has 1 N–H and O–H groups in total. The van der Waals surface area contributed by atoms with Crippen molar-refractivity contribution < 1.29 is 22.7 Å². The molecule has 0 saturated carbocycles. The zero-order valence-electron chi connectivity index (χ0n) is 14.4. The Labute approximate surface area is 167 Å². The van der Waals surface area contributed by atoms with Gasteiger partial charge >= 0.3 is 0 Å². The Morgan fingerprint density at radius 3 is 2.79 bits per heavy atom. The number of nitrogens with one attached hydrogen (secondary N) is 1. The van der Waals surface area contributed by atoms with E-state index in [0.29, 0.717) is 32.4 Å². The zero-order valence-corrected chi connectivity index (χ0v) is 17.0. The van der Waals surface area contributed by atoms with Crippen LogP contribution in [0.25, 0.3) is 10.4 Å². The maximum Gasteiger partial charge on any atom is 0.264 e. The number of carbonyl (C=O) groups excluding carboxylic acids is 1. The van der Waals surface area contributed by atoms with Crippen molar-refractivity contribution in [2.45, 2.75) is 10.6 Å². The predicted molar refractivity (Wildman–Crippen MR) is 109 cm³/mol. The Morgan fingerprint density at radius 1 is 1.07 bits per heavy atom. The van der Waals surface area contributed by atoms with Crippen LogP contribution in [-0.2, 0) is 15.6 Å². The molecule has 0 aliphatic carbocycles. The average molecular weight is 431 g/mol. The van der Waals surface area contributed by atoms with Crippen LogP contribution in [0.5, 0.6) is 11.5 Å². The highest BCUT2D eigenvalue weighted by molar-refractivity contribution is 7.91. The average Bonchev–Trinajstić information content (AvgIpc) is 3.32. The minimum absolute atomic E-state index is 0.0623. The summed E-state index contributed by atoms with van der Waals surface area (Å²) in [5.41, 5.74) is 1.35. The van der Waals surface area contributed by atoms with Crippen LogP contribution in [0.3, 0.4) is 0 Å². The van der Waals surface area contributed by atoms with Gasteiger partial charge in [-0.3, -0.25) is 4.79 Å². The minimum atomic E-state index is -3.38. The Balaban J connectivity index is 1.39. The molecule has 3 aromatic rings. The van der Waals surface area contributed by atoms with Crippen molar-refractivity contribution in [1.82, 2.24) is 5.09 Å². The predicted octanol–water partition coefficient (Wildman–Crippen LogP) is 3.08. The van der Waals surface area contributed by atoms with Gasteiger partial charge in [-0.2, -0.15) is 0 Å². The monoisotopic (exact) mass is 431 g/mol. The first kappa shape index (κ1) is 17.7. The number of rotatable bonds is 3. The number of ether oxygens (including phenoxy) is 2. The third-order valence-corrected chi connectivity index (χ3v) is 8.42. The second-order valence-corrected chi connectivity index (χ2v) is 10.5. The van der Waals surface area contributed by atoms with Crippen molar-refractivity contribution in [3.8, 4) is 21.9 Å². The fourth-order valence-corrected chi connectivity index (χ4v) is 6.96. The van der Waals surface area contributed by atoms with Gasteiger partial charge in [0, 0.05) is 19.2 Å². The van der Waals surface area contributed by atoms with E-state index in [9.17, 15) is 13.2 Å². The molecule has 1 atom stereocenters. The number of thiophene rings is 1. The molecule has 1 unspecified atom stereocenters. The van der Waals surface area contributed by atoms with E-state index < -0.39 is 9.84 Å². The lowest BCUT2D eigenvalue weighted by Gasteiger charge is -2.15. The molecule has 1 amide bonds. The van der Waals surface area contributed by atoms with Crippen molar-refractivity contribution in [2.75, 3.05) is 6.79 Å². The maximum atomic E-state index is 12.6. The number of hydrogen-bond donors (Lipinski definition) is 1. The molecule has 0 radical (unpaired) electrons. The summed E-state index contributed by atoms with van der Waals surface area (Å²) in [4.78, 5) is 14.3. The normalized spacial score (nSPS) is 16.0. The van der Waals surface area contributed by atoms with Gasteiger partial charge in [0.2, 0.25) is 6.79 Å². The van der Waals surface area contributed by atoms with E-state index in [1.54, 1.807) is 24.3 Å². The summed E-state index contributed by atoms with van der Waals surface area (Å²) in [5.74, 6) is 1.08. The first-order valence-corrected chi connectivity index (χ1v) is 11.9. The third-order valence-electron chi connectivity index (χ3n) is 4.54. The maximum absolute atomic E-state index is 12.6. The van der Waals surface area contributed by atoms with Gasteiger partial charge < -0.3 is 14.6 Å². The summed E-state index contributed by atoms with van der Waals surface area (Å²) >= 11 is 1.33. The standard InChI is InChI=1S/C19H14NO5PS2/c21-19(20-26-12-5-6-14-15(8-12)25-10-24-14)16-7-11-9-28(22,23)17-4-2-1-3-13(17)18(11)27-16/h1-8,26H,9-10H2,(H,20,21). The lowest BCUT2D eigenvalue weighted by atomic mass is 10.1. The summed E-state index contributed by atoms with van der Waals surface area (Å²) < 4.78 is 35.6. The molecule has 0 spiro atoms. The number of carbonyl (C=O) groups is 1. The minimum Gasteiger partial charge on any atom is -0.454 e. The summed E-state index contributed by atoms with van der Waals surface area (Å²) in [6, 6.07) is 14.2. The number of amides is 1. The van der Waals surface area contributed by atoms with E-state index in [4.69, 9.17) is 9.47 Å². The molecule has 9 heteroatoms. The molecule has 1 aromatic heterocycles. The number of hydrogen-bond acceptors (Lipinski definition) is 6. The molecule has 142 valence electrons. The van der Waals surface area contributed by atoms with Crippen LogP contribution in [-0.4, -0.2) is 21.1 Å². The van der Waals surface area contributed by atoms with E-state index in [1.165, 1.54) is 11.3 Å². The van der Waals surface area contributed by atoms with Crippen molar-refractivity contribution in [3.05, 3.63) is 59.0 Å². The van der Waals surface area contributed by atoms with Crippen LogP contribution in [0.4, 0.5) is 0 Å². The van der Waals surface area contributed by atoms with Gasteiger partial charge in [0.05, 0.1) is 15.5 Å². The van der Waals surface area contributed by atoms with Gasteiger partial charge in [0.25, 0.3) is 5.91 Å². The molecule has 5 rings (SSSR count). The summed E-state index contributed by atoms with van der Waals surface area (Å²) in [7, 11) is -3.32. The number of fused-ring (bicyclic) bond motifs is 4. The molecular formula is C19H14NO5PS2.